The van der Waals surface area contributed by atoms with Crippen molar-refractivity contribution in [2.75, 3.05) is 18.9 Å². The van der Waals surface area contributed by atoms with Gasteiger partial charge in [0, 0.05) is 17.7 Å². The number of fused-ring (bicyclic) bond motifs is 4. The van der Waals surface area contributed by atoms with Crippen molar-refractivity contribution in [2.24, 2.45) is 0 Å². The number of nitrogens with one attached hydrogen (secondary N) is 1. The molecule has 6 nitrogen and oxygen atoms in total. The number of rotatable bonds is 3. The number of likely N-dealkylation sites (N-methyl/N-ethyl adjacent to an activating group) is 1. The molecule has 2 atom stereocenters. The predicted molar refractivity (Wildman–Crippen MR) is 90.5 cm³/mol. The Morgan fingerprint density at radius 3 is 2.60 bits per heavy atom. The zero-order valence-corrected chi connectivity index (χ0v) is 13.8. The summed E-state index contributed by atoms with van der Waals surface area (Å²) >= 11 is 0. The fourth-order valence-electron chi connectivity index (χ4n) is 3.48. The summed E-state index contributed by atoms with van der Waals surface area (Å²) in [6.45, 7) is 0.295. The SMILES string of the molecule is CN1C2Cc3ccccc3C1(CNc1ccccc1)OC(=O)C(=O)O2. The molecule has 0 amide bonds. The highest BCUT2D eigenvalue weighted by atomic mass is 16.6. The van der Waals surface area contributed by atoms with Gasteiger partial charge in [-0.3, -0.25) is 0 Å². The van der Waals surface area contributed by atoms with Crippen molar-refractivity contribution in [2.45, 2.75) is 18.4 Å². The van der Waals surface area contributed by atoms with Crippen LogP contribution in [0.5, 0.6) is 0 Å². The number of anilines is 1. The molecule has 2 heterocycles. The maximum atomic E-state index is 12.2. The number of ether oxygens (including phenoxy) is 2. The summed E-state index contributed by atoms with van der Waals surface area (Å²) in [6, 6.07) is 17.4. The van der Waals surface area contributed by atoms with Crippen LogP contribution in [0.3, 0.4) is 0 Å². The van der Waals surface area contributed by atoms with Gasteiger partial charge in [0.05, 0.1) is 6.54 Å². The number of hydrogen-bond acceptors (Lipinski definition) is 6. The number of carbonyl (C=O) groups excluding carboxylic acids is 2. The van der Waals surface area contributed by atoms with Gasteiger partial charge in [0.25, 0.3) is 0 Å². The molecule has 0 aliphatic carbocycles. The van der Waals surface area contributed by atoms with E-state index in [1.54, 1.807) is 7.05 Å². The Morgan fingerprint density at radius 2 is 1.80 bits per heavy atom. The van der Waals surface area contributed by atoms with E-state index < -0.39 is 23.9 Å². The molecule has 2 aliphatic rings. The van der Waals surface area contributed by atoms with Crippen LogP contribution in [-0.2, 0) is 31.2 Å². The molecule has 1 saturated heterocycles. The lowest BCUT2D eigenvalue weighted by Crippen LogP contribution is -2.58. The van der Waals surface area contributed by atoms with Crippen LogP contribution in [0.4, 0.5) is 5.69 Å². The molecular formula is C19H18N2O4. The molecule has 1 fully saturated rings. The number of carbonyl (C=O) groups is 2. The molecule has 2 unspecified atom stereocenters. The average molecular weight is 338 g/mol. The zero-order chi connectivity index (χ0) is 17.4. The first-order chi connectivity index (χ1) is 12.1. The number of para-hydroxylation sites is 1. The molecule has 2 aromatic carbocycles. The fraction of sp³-hybridized carbons (Fsp3) is 0.263. The van der Waals surface area contributed by atoms with Crippen molar-refractivity contribution in [3.8, 4) is 0 Å². The number of nitrogens with zero attached hydrogens (tertiary/aromatic N) is 1. The van der Waals surface area contributed by atoms with E-state index in [1.165, 1.54) is 0 Å². The molecule has 2 bridgehead atoms. The Morgan fingerprint density at radius 1 is 1.08 bits per heavy atom. The van der Waals surface area contributed by atoms with Crippen molar-refractivity contribution >= 4 is 17.6 Å². The van der Waals surface area contributed by atoms with Crippen LogP contribution in [0.15, 0.2) is 54.6 Å². The molecule has 25 heavy (non-hydrogen) atoms. The number of esters is 2. The van der Waals surface area contributed by atoms with Crippen LogP contribution in [-0.4, -0.2) is 36.7 Å². The van der Waals surface area contributed by atoms with E-state index >= 15 is 0 Å². The third kappa shape index (κ3) is 2.55. The van der Waals surface area contributed by atoms with Gasteiger partial charge in [-0.05, 0) is 24.7 Å². The Hall–Kier alpha value is -2.86. The molecule has 1 N–H and O–H groups in total. The van der Waals surface area contributed by atoms with Crippen LogP contribution in [0.25, 0.3) is 0 Å². The molecule has 128 valence electrons. The van der Waals surface area contributed by atoms with Gasteiger partial charge in [-0.1, -0.05) is 42.5 Å². The van der Waals surface area contributed by atoms with Gasteiger partial charge in [-0.2, -0.15) is 0 Å². The van der Waals surface area contributed by atoms with Crippen molar-refractivity contribution in [1.82, 2.24) is 4.90 Å². The summed E-state index contributed by atoms with van der Waals surface area (Å²) in [7, 11) is 1.80. The molecule has 0 radical (unpaired) electrons. The van der Waals surface area contributed by atoms with E-state index in [4.69, 9.17) is 9.47 Å². The maximum Gasteiger partial charge on any atom is 0.419 e. The lowest BCUT2D eigenvalue weighted by atomic mass is 9.88. The highest BCUT2D eigenvalue weighted by Gasteiger charge is 2.53. The first-order valence-corrected chi connectivity index (χ1v) is 8.14. The summed E-state index contributed by atoms with van der Waals surface area (Å²) in [5.41, 5.74) is 1.66. The molecular weight excluding hydrogens is 320 g/mol. The zero-order valence-electron chi connectivity index (χ0n) is 13.8. The second-order valence-corrected chi connectivity index (χ2v) is 6.23. The fourth-order valence-corrected chi connectivity index (χ4v) is 3.48. The van der Waals surface area contributed by atoms with Gasteiger partial charge in [0.2, 0.25) is 5.72 Å². The second-order valence-electron chi connectivity index (χ2n) is 6.23. The average Bonchev–Trinajstić information content (AvgIpc) is 2.69. The Kier molecular flexibility index (Phi) is 3.69. The lowest BCUT2D eigenvalue weighted by molar-refractivity contribution is -0.187. The van der Waals surface area contributed by atoms with Crippen molar-refractivity contribution in [1.29, 1.82) is 0 Å². The first-order valence-electron chi connectivity index (χ1n) is 8.14. The van der Waals surface area contributed by atoms with Crippen molar-refractivity contribution < 1.29 is 19.1 Å². The topological polar surface area (TPSA) is 67.9 Å². The normalized spacial score (nSPS) is 25.4. The first kappa shape index (κ1) is 15.7. The largest absolute Gasteiger partial charge is 0.437 e. The van der Waals surface area contributed by atoms with Gasteiger partial charge in [-0.25, -0.2) is 14.5 Å². The summed E-state index contributed by atoms with van der Waals surface area (Å²) in [6.07, 6.45) is -0.0336. The number of benzene rings is 2. The minimum absolute atomic E-state index is 0.295. The molecule has 4 rings (SSSR count). The van der Waals surface area contributed by atoms with Crippen molar-refractivity contribution in [3.05, 3.63) is 65.7 Å². The summed E-state index contributed by atoms with van der Waals surface area (Å²) in [5, 5.41) is 3.31. The smallest absolute Gasteiger partial charge is 0.419 e. The highest BCUT2D eigenvalue weighted by Crippen LogP contribution is 2.40. The molecule has 2 aliphatic heterocycles. The van der Waals surface area contributed by atoms with Gasteiger partial charge in [-0.15, -0.1) is 0 Å². The second kappa shape index (κ2) is 5.89. The Labute approximate surface area is 145 Å². The monoisotopic (exact) mass is 338 g/mol. The van der Waals surface area contributed by atoms with E-state index in [2.05, 4.69) is 5.32 Å². The molecule has 6 heteroatoms. The summed E-state index contributed by atoms with van der Waals surface area (Å²) in [5.74, 6) is -1.92. The minimum Gasteiger partial charge on any atom is -0.437 e. The van der Waals surface area contributed by atoms with E-state index in [1.807, 2.05) is 59.5 Å². The third-order valence-corrected chi connectivity index (χ3v) is 4.81. The third-order valence-electron chi connectivity index (χ3n) is 4.81. The van der Waals surface area contributed by atoms with Crippen molar-refractivity contribution in [3.63, 3.8) is 0 Å². The number of hydrogen-bond donors (Lipinski definition) is 1. The van der Waals surface area contributed by atoms with Crippen LogP contribution >= 0.6 is 0 Å². The van der Waals surface area contributed by atoms with Gasteiger partial charge >= 0.3 is 11.9 Å². The van der Waals surface area contributed by atoms with Gasteiger partial charge in [0.15, 0.2) is 6.23 Å². The maximum absolute atomic E-state index is 12.2. The van der Waals surface area contributed by atoms with Crippen LogP contribution in [0.2, 0.25) is 0 Å². The lowest BCUT2D eigenvalue weighted by Gasteiger charge is -2.46. The molecule has 0 saturated carbocycles. The standard InChI is InChI=1S/C19H18N2O4/c1-21-16-11-13-7-5-6-10-15(13)19(21,25-18(23)17(22)24-16)12-20-14-8-3-2-4-9-14/h2-10,16,20H,11-12H2,1H3. The van der Waals surface area contributed by atoms with E-state index in [0.717, 1.165) is 16.8 Å². The molecule has 2 aromatic rings. The van der Waals surface area contributed by atoms with E-state index in [0.29, 0.717) is 13.0 Å². The van der Waals surface area contributed by atoms with E-state index in [9.17, 15) is 9.59 Å². The van der Waals surface area contributed by atoms with Crippen LogP contribution in [0, 0.1) is 0 Å². The van der Waals surface area contributed by atoms with Crippen LogP contribution < -0.4 is 5.32 Å². The summed E-state index contributed by atoms with van der Waals surface area (Å²) in [4.78, 5) is 25.9. The molecule has 0 spiro atoms. The molecule has 0 aromatic heterocycles. The minimum atomic E-state index is -1.11. The Bertz CT molecular complexity index is 823. The predicted octanol–water partition coefficient (Wildman–Crippen LogP) is 1.87. The van der Waals surface area contributed by atoms with Gasteiger partial charge in [0.1, 0.15) is 0 Å². The highest BCUT2D eigenvalue weighted by molar-refractivity contribution is 6.30. The van der Waals surface area contributed by atoms with Crippen LogP contribution in [0.1, 0.15) is 11.1 Å². The quantitative estimate of drug-likeness (QED) is 0.681. The van der Waals surface area contributed by atoms with E-state index in [-0.39, 0.29) is 0 Å². The Balaban J connectivity index is 1.78. The van der Waals surface area contributed by atoms with Gasteiger partial charge < -0.3 is 14.8 Å². The summed E-state index contributed by atoms with van der Waals surface area (Å²) < 4.78 is 11.0.